The van der Waals surface area contributed by atoms with E-state index in [1.807, 2.05) is 26.8 Å². The van der Waals surface area contributed by atoms with E-state index in [9.17, 15) is 19.8 Å². The van der Waals surface area contributed by atoms with Gasteiger partial charge >= 0.3 is 5.97 Å². The highest BCUT2D eigenvalue weighted by atomic mass is 16.6. The highest BCUT2D eigenvalue weighted by molar-refractivity contribution is 6.00. The zero-order chi connectivity index (χ0) is 24.2. The molecule has 1 aromatic carbocycles. The number of aryl methyl sites for hydroxylation is 1. The lowest BCUT2D eigenvalue weighted by Gasteiger charge is -2.32. The molecule has 32 heavy (non-hydrogen) atoms. The highest BCUT2D eigenvalue weighted by Gasteiger charge is 2.44. The van der Waals surface area contributed by atoms with Crippen LogP contribution in [0.2, 0.25) is 0 Å². The van der Waals surface area contributed by atoms with E-state index in [1.54, 1.807) is 25.1 Å². The van der Waals surface area contributed by atoms with Gasteiger partial charge in [0.05, 0.1) is 0 Å². The molecule has 2 rings (SSSR count). The van der Waals surface area contributed by atoms with Crippen molar-refractivity contribution < 1.29 is 24.5 Å². The number of allylic oxidation sites excluding steroid dienone is 4. The quantitative estimate of drug-likeness (QED) is 0.422. The third-order valence-corrected chi connectivity index (χ3v) is 6.21. The monoisotopic (exact) mass is 438 g/mol. The Morgan fingerprint density at radius 3 is 2.41 bits per heavy atom. The summed E-state index contributed by atoms with van der Waals surface area (Å²) in [5.74, 6) is -0.787. The smallest absolute Gasteiger partial charge is 0.343 e. The third-order valence-electron chi connectivity index (χ3n) is 6.21. The van der Waals surface area contributed by atoms with Crippen molar-refractivity contribution in [3.05, 3.63) is 69.8 Å². The number of aliphatic hydroxyl groups is 1. The third kappa shape index (κ3) is 4.78. The number of ether oxygens (including phenoxy) is 1. The van der Waals surface area contributed by atoms with E-state index in [0.29, 0.717) is 12.0 Å². The lowest BCUT2D eigenvalue weighted by Crippen LogP contribution is -2.46. The molecule has 1 heterocycles. The van der Waals surface area contributed by atoms with Crippen LogP contribution < -0.4 is 0 Å². The molecule has 1 aliphatic rings. The number of rotatable bonds is 8. The number of aromatic hydroxyl groups is 1. The van der Waals surface area contributed by atoms with E-state index >= 15 is 0 Å². The van der Waals surface area contributed by atoms with Crippen LogP contribution in [-0.2, 0) is 14.3 Å². The van der Waals surface area contributed by atoms with Crippen molar-refractivity contribution in [1.82, 2.24) is 0 Å². The summed E-state index contributed by atoms with van der Waals surface area (Å²) in [6.45, 7) is 15.2. The van der Waals surface area contributed by atoms with Gasteiger partial charge in [-0.2, -0.15) is 0 Å². The molecule has 0 radical (unpaired) electrons. The molecular weight excluding hydrogens is 404 g/mol. The SMILES string of the molecule is C=C(/C(CC)=C(/CC)c1cc(O)ccc1C)/C(C)=C/C1=C(C(C)=O)COC(=O)C1(O)CC. The van der Waals surface area contributed by atoms with Gasteiger partial charge in [-0.25, -0.2) is 4.79 Å². The van der Waals surface area contributed by atoms with Crippen molar-refractivity contribution in [3.63, 3.8) is 0 Å². The summed E-state index contributed by atoms with van der Waals surface area (Å²) in [5.41, 5.74) is 4.34. The molecule has 5 heteroatoms. The van der Waals surface area contributed by atoms with Gasteiger partial charge in [0.1, 0.15) is 12.4 Å². The lowest BCUT2D eigenvalue weighted by atomic mass is 9.81. The van der Waals surface area contributed by atoms with Gasteiger partial charge in [0.15, 0.2) is 11.4 Å². The van der Waals surface area contributed by atoms with Crippen molar-refractivity contribution in [1.29, 1.82) is 0 Å². The number of carbonyl (C=O) groups excluding carboxylic acids is 2. The summed E-state index contributed by atoms with van der Waals surface area (Å²) in [7, 11) is 0. The number of esters is 1. The predicted octanol–water partition coefficient (Wildman–Crippen LogP) is 5.36. The van der Waals surface area contributed by atoms with Crippen molar-refractivity contribution in [3.8, 4) is 5.75 Å². The molecule has 1 unspecified atom stereocenters. The van der Waals surface area contributed by atoms with Gasteiger partial charge in [-0.05, 0) is 85.6 Å². The standard InChI is InChI=1S/C27H34O5/c1-8-21(22(9-2)23-14-20(29)12-11-16(23)4)18(6)17(5)13-25-24(19(7)28)15-32-26(30)27(25,31)10-3/h11-14,29,31H,6,8-10,15H2,1-5,7H3/b17-13+,22-21-. The minimum atomic E-state index is -1.87. The van der Waals surface area contributed by atoms with Gasteiger partial charge in [0, 0.05) is 11.1 Å². The van der Waals surface area contributed by atoms with Crippen LogP contribution in [0.25, 0.3) is 5.57 Å². The average Bonchev–Trinajstić information content (AvgIpc) is 2.76. The minimum Gasteiger partial charge on any atom is -0.508 e. The zero-order valence-electron chi connectivity index (χ0n) is 20.0. The topological polar surface area (TPSA) is 83.8 Å². The molecule has 0 saturated heterocycles. The summed E-state index contributed by atoms with van der Waals surface area (Å²) in [4.78, 5) is 24.6. The Hall–Kier alpha value is -2.92. The second kappa shape index (κ2) is 10.1. The van der Waals surface area contributed by atoms with E-state index in [0.717, 1.165) is 39.8 Å². The molecule has 0 fully saturated rings. The maximum atomic E-state index is 12.4. The molecule has 2 N–H and O–H groups in total. The number of ketones is 1. The Morgan fingerprint density at radius 2 is 1.88 bits per heavy atom. The van der Waals surface area contributed by atoms with Crippen LogP contribution >= 0.6 is 0 Å². The van der Waals surface area contributed by atoms with Gasteiger partial charge < -0.3 is 14.9 Å². The van der Waals surface area contributed by atoms with E-state index < -0.39 is 11.6 Å². The fourth-order valence-electron chi connectivity index (χ4n) is 4.18. The second-order valence-electron chi connectivity index (χ2n) is 8.21. The Balaban J connectivity index is 2.67. The number of cyclic esters (lactones) is 1. The molecule has 0 bridgehead atoms. The summed E-state index contributed by atoms with van der Waals surface area (Å²) >= 11 is 0. The fourth-order valence-corrected chi connectivity index (χ4v) is 4.18. The maximum Gasteiger partial charge on any atom is 0.343 e. The first-order valence-electron chi connectivity index (χ1n) is 11.1. The molecule has 1 aliphatic heterocycles. The second-order valence-corrected chi connectivity index (χ2v) is 8.21. The van der Waals surface area contributed by atoms with Crippen molar-refractivity contribution >= 4 is 17.3 Å². The first kappa shape index (κ1) is 25.3. The first-order chi connectivity index (χ1) is 15.0. The Labute approximate surface area is 190 Å². The van der Waals surface area contributed by atoms with Gasteiger partial charge in [-0.15, -0.1) is 0 Å². The zero-order valence-corrected chi connectivity index (χ0v) is 20.0. The molecule has 0 aromatic heterocycles. The number of hydrogen-bond acceptors (Lipinski definition) is 5. The molecule has 0 amide bonds. The average molecular weight is 439 g/mol. The lowest BCUT2D eigenvalue weighted by molar-refractivity contribution is -0.163. The number of phenolic OH excluding ortho intramolecular Hbond substituents is 1. The van der Waals surface area contributed by atoms with Crippen LogP contribution in [0.3, 0.4) is 0 Å². The fraction of sp³-hybridized carbons (Fsp3) is 0.407. The number of benzene rings is 1. The van der Waals surface area contributed by atoms with Crippen molar-refractivity contribution in [2.24, 2.45) is 0 Å². The molecule has 172 valence electrons. The molecule has 1 aromatic rings. The summed E-state index contributed by atoms with van der Waals surface area (Å²) in [6, 6.07) is 5.32. The highest BCUT2D eigenvalue weighted by Crippen LogP contribution is 2.37. The van der Waals surface area contributed by atoms with E-state index in [4.69, 9.17) is 4.74 Å². The minimum absolute atomic E-state index is 0.0906. The molecular formula is C27H34O5. The van der Waals surface area contributed by atoms with Crippen LogP contribution in [0.5, 0.6) is 5.75 Å². The Morgan fingerprint density at radius 1 is 1.22 bits per heavy atom. The molecule has 0 aliphatic carbocycles. The van der Waals surface area contributed by atoms with Gasteiger partial charge in [0.2, 0.25) is 0 Å². The summed E-state index contributed by atoms with van der Waals surface area (Å²) < 4.78 is 5.08. The number of Topliss-reactive ketones (excluding diaryl/α,β-unsaturated/α-hetero) is 1. The summed E-state index contributed by atoms with van der Waals surface area (Å²) in [6.07, 6.45) is 3.24. The van der Waals surface area contributed by atoms with Gasteiger partial charge in [-0.1, -0.05) is 39.5 Å². The van der Waals surface area contributed by atoms with Crippen LogP contribution in [0.1, 0.15) is 65.0 Å². The number of hydrogen-bond donors (Lipinski definition) is 2. The largest absolute Gasteiger partial charge is 0.508 e. The van der Waals surface area contributed by atoms with E-state index in [-0.39, 0.29) is 30.1 Å². The van der Waals surface area contributed by atoms with Crippen molar-refractivity contribution in [2.75, 3.05) is 6.61 Å². The number of phenols is 1. The normalized spacial score (nSPS) is 20.1. The van der Waals surface area contributed by atoms with Crippen LogP contribution in [0, 0.1) is 6.92 Å². The van der Waals surface area contributed by atoms with Crippen molar-refractivity contribution in [2.45, 2.75) is 66.4 Å². The van der Waals surface area contributed by atoms with Crippen LogP contribution in [-0.4, -0.2) is 34.2 Å². The number of carbonyl (C=O) groups is 2. The van der Waals surface area contributed by atoms with Gasteiger partial charge in [0.25, 0.3) is 0 Å². The summed E-state index contributed by atoms with van der Waals surface area (Å²) in [5, 5.41) is 21.1. The van der Waals surface area contributed by atoms with Crippen LogP contribution in [0.4, 0.5) is 0 Å². The molecule has 5 nitrogen and oxygen atoms in total. The van der Waals surface area contributed by atoms with E-state index in [2.05, 4.69) is 13.5 Å². The molecule has 0 saturated carbocycles. The van der Waals surface area contributed by atoms with E-state index in [1.165, 1.54) is 6.92 Å². The maximum absolute atomic E-state index is 12.4. The molecule has 1 atom stereocenters. The van der Waals surface area contributed by atoms with Gasteiger partial charge in [-0.3, -0.25) is 4.79 Å². The Kier molecular flexibility index (Phi) is 8.02. The Bertz CT molecular complexity index is 1040. The first-order valence-corrected chi connectivity index (χ1v) is 11.1. The van der Waals surface area contributed by atoms with Crippen LogP contribution in [0.15, 0.2) is 58.7 Å². The predicted molar refractivity (Wildman–Crippen MR) is 127 cm³/mol. The molecule has 0 spiro atoms.